The minimum atomic E-state index is -0.239. The van der Waals surface area contributed by atoms with Gasteiger partial charge in [-0.2, -0.15) is 0 Å². The number of hydrogen-bond donors (Lipinski definition) is 1. The predicted octanol–water partition coefficient (Wildman–Crippen LogP) is 3.81. The molecule has 3 rings (SSSR count). The maximum Gasteiger partial charge on any atom is 0.262 e. The first-order chi connectivity index (χ1) is 14.4. The van der Waals surface area contributed by atoms with Crippen LogP contribution in [0.1, 0.15) is 25.0 Å². The molecule has 1 fully saturated rings. The van der Waals surface area contributed by atoms with Crippen LogP contribution in [0.15, 0.2) is 42.5 Å². The van der Waals surface area contributed by atoms with E-state index >= 15 is 0 Å². The topological polar surface area (TPSA) is 60.0 Å². The standard InChI is InChI=1S/C23H28N2O4S/c1-15-5-8-19(9-6-15)24-22(26)14-28-20-10-7-18(11-21(20)27-4)23(30)25-12-16(2)29-17(3)13-25/h5-11,16-17H,12-14H2,1-4H3,(H,24,26)/t16-,17+. The zero-order valence-electron chi connectivity index (χ0n) is 17.8. The summed E-state index contributed by atoms with van der Waals surface area (Å²) < 4.78 is 16.9. The second kappa shape index (κ2) is 9.91. The number of hydrogen-bond acceptors (Lipinski definition) is 5. The molecule has 1 heterocycles. The number of thiocarbonyl (C=S) groups is 1. The molecule has 2 aromatic carbocycles. The van der Waals surface area contributed by atoms with Crippen molar-refractivity contribution in [3.8, 4) is 11.5 Å². The SMILES string of the molecule is COc1cc(C(=S)N2C[C@@H](C)O[C@@H](C)C2)ccc1OCC(=O)Nc1ccc(C)cc1. The third kappa shape index (κ3) is 5.70. The van der Waals surface area contributed by atoms with Crippen LogP contribution >= 0.6 is 12.2 Å². The summed E-state index contributed by atoms with van der Waals surface area (Å²) in [6, 6.07) is 13.1. The van der Waals surface area contributed by atoms with Crippen LogP contribution in [-0.2, 0) is 9.53 Å². The van der Waals surface area contributed by atoms with Crippen molar-refractivity contribution in [2.75, 3.05) is 32.1 Å². The lowest BCUT2D eigenvalue weighted by atomic mass is 10.1. The van der Waals surface area contributed by atoms with Crippen molar-refractivity contribution in [1.82, 2.24) is 4.90 Å². The van der Waals surface area contributed by atoms with Crippen molar-refractivity contribution in [2.24, 2.45) is 0 Å². The molecule has 0 unspecified atom stereocenters. The van der Waals surface area contributed by atoms with Gasteiger partial charge in [0.1, 0.15) is 4.99 Å². The highest BCUT2D eigenvalue weighted by Crippen LogP contribution is 2.29. The Hall–Kier alpha value is -2.64. The van der Waals surface area contributed by atoms with Gasteiger partial charge >= 0.3 is 0 Å². The number of nitrogens with zero attached hydrogens (tertiary/aromatic N) is 1. The normalized spacial score (nSPS) is 18.6. The van der Waals surface area contributed by atoms with Gasteiger partial charge in [-0.3, -0.25) is 4.79 Å². The van der Waals surface area contributed by atoms with Crippen LogP contribution in [0.4, 0.5) is 5.69 Å². The highest BCUT2D eigenvalue weighted by molar-refractivity contribution is 7.80. The van der Waals surface area contributed by atoms with Gasteiger partial charge in [0.2, 0.25) is 0 Å². The van der Waals surface area contributed by atoms with Crippen LogP contribution in [0.3, 0.4) is 0 Å². The van der Waals surface area contributed by atoms with Crippen molar-refractivity contribution in [1.29, 1.82) is 0 Å². The highest BCUT2D eigenvalue weighted by atomic mass is 32.1. The predicted molar refractivity (Wildman–Crippen MR) is 122 cm³/mol. The first kappa shape index (κ1) is 22.1. The molecule has 1 saturated heterocycles. The maximum atomic E-state index is 12.2. The van der Waals surface area contributed by atoms with E-state index in [1.54, 1.807) is 13.2 Å². The smallest absolute Gasteiger partial charge is 0.262 e. The summed E-state index contributed by atoms with van der Waals surface area (Å²) in [5.74, 6) is 0.788. The van der Waals surface area contributed by atoms with Crippen molar-refractivity contribution >= 4 is 28.8 Å². The zero-order chi connectivity index (χ0) is 21.7. The molecule has 1 N–H and O–H groups in total. The lowest BCUT2D eigenvalue weighted by Crippen LogP contribution is -2.47. The Bertz CT molecular complexity index is 891. The van der Waals surface area contributed by atoms with Crippen LogP contribution in [0.2, 0.25) is 0 Å². The fraction of sp³-hybridized carbons (Fsp3) is 0.391. The van der Waals surface area contributed by atoms with Gasteiger partial charge in [0.05, 0.1) is 19.3 Å². The van der Waals surface area contributed by atoms with Crippen molar-refractivity contribution in [2.45, 2.75) is 33.0 Å². The van der Waals surface area contributed by atoms with Crippen LogP contribution in [0.5, 0.6) is 11.5 Å². The summed E-state index contributed by atoms with van der Waals surface area (Å²) in [4.78, 5) is 15.1. The van der Waals surface area contributed by atoms with Crippen LogP contribution in [0.25, 0.3) is 0 Å². The lowest BCUT2D eigenvalue weighted by molar-refractivity contribution is -0.118. The average molecular weight is 429 g/mol. The average Bonchev–Trinajstić information content (AvgIpc) is 2.72. The van der Waals surface area contributed by atoms with Gasteiger partial charge in [-0.1, -0.05) is 29.9 Å². The Balaban J connectivity index is 1.63. The molecule has 0 aromatic heterocycles. The van der Waals surface area contributed by atoms with E-state index in [1.165, 1.54) is 0 Å². The Morgan fingerprint density at radius 2 is 1.80 bits per heavy atom. The Morgan fingerprint density at radius 3 is 2.43 bits per heavy atom. The molecule has 6 nitrogen and oxygen atoms in total. The number of methoxy groups -OCH3 is 1. The second-order valence-electron chi connectivity index (χ2n) is 7.54. The molecular weight excluding hydrogens is 400 g/mol. The Labute approximate surface area is 183 Å². The lowest BCUT2D eigenvalue weighted by Gasteiger charge is -2.37. The van der Waals surface area contributed by atoms with E-state index in [0.29, 0.717) is 11.5 Å². The molecule has 0 saturated carbocycles. The monoisotopic (exact) mass is 428 g/mol. The summed E-state index contributed by atoms with van der Waals surface area (Å²) in [5.41, 5.74) is 2.74. The number of benzene rings is 2. The van der Waals surface area contributed by atoms with Gasteiger partial charge in [0, 0.05) is 24.3 Å². The largest absolute Gasteiger partial charge is 0.493 e. The van der Waals surface area contributed by atoms with Crippen molar-refractivity contribution < 1.29 is 19.0 Å². The van der Waals surface area contributed by atoms with E-state index in [4.69, 9.17) is 26.4 Å². The molecule has 2 aromatic rings. The molecule has 1 amide bonds. The van der Waals surface area contributed by atoms with Crippen LogP contribution in [-0.4, -0.2) is 54.8 Å². The Kier molecular flexibility index (Phi) is 7.29. The molecule has 0 radical (unpaired) electrons. The quantitative estimate of drug-likeness (QED) is 0.706. The molecule has 0 aliphatic carbocycles. The summed E-state index contributed by atoms with van der Waals surface area (Å²) in [7, 11) is 1.57. The summed E-state index contributed by atoms with van der Waals surface area (Å²) >= 11 is 5.70. The fourth-order valence-electron chi connectivity index (χ4n) is 3.42. The number of rotatable bonds is 6. The van der Waals surface area contributed by atoms with Gasteiger partial charge in [-0.05, 0) is 51.1 Å². The van der Waals surface area contributed by atoms with Gasteiger partial charge in [-0.25, -0.2) is 0 Å². The van der Waals surface area contributed by atoms with Gasteiger partial charge in [-0.15, -0.1) is 0 Å². The van der Waals surface area contributed by atoms with E-state index < -0.39 is 0 Å². The van der Waals surface area contributed by atoms with Crippen molar-refractivity contribution in [3.05, 3.63) is 53.6 Å². The number of carbonyl (C=O) groups excluding carboxylic acids is 1. The maximum absolute atomic E-state index is 12.2. The number of anilines is 1. The van der Waals surface area contributed by atoms with E-state index in [1.807, 2.05) is 57.2 Å². The van der Waals surface area contributed by atoms with E-state index in [9.17, 15) is 4.79 Å². The molecule has 1 aliphatic rings. The third-order valence-electron chi connectivity index (χ3n) is 4.81. The van der Waals surface area contributed by atoms with Gasteiger partial charge < -0.3 is 24.4 Å². The molecule has 0 bridgehead atoms. The fourth-order valence-corrected chi connectivity index (χ4v) is 3.70. The second-order valence-corrected chi connectivity index (χ2v) is 7.92. The Morgan fingerprint density at radius 1 is 1.13 bits per heavy atom. The molecular formula is C23H28N2O4S. The highest BCUT2D eigenvalue weighted by Gasteiger charge is 2.25. The van der Waals surface area contributed by atoms with Gasteiger partial charge in [0.15, 0.2) is 18.1 Å². The van der Waals surface area contributed by atoms with E-state index in [2.05, 4.69) is 10.2 Å². The molecule has 2 atom stereocenters. The number of carbonyl (C=O) groups is 1. The zero-order valence-corrected chi connectivity index (χ0v) is 18.6. The number of ether oxygens (including phenoxy) is 3. The summed E-state index contributed by atoms with van der Waals surface area (Å²) in [6.45, 7) is 7.48. The molecule has 30 heavy (non-hydrogen) atoms. The van der Waals surface area contributed by atoms with Crippen LogP contribution < -0.4 is 14.8 Å². The minimum absolute atomic E-state index is 0.119. The van der Waals surface area contributed by atoms with E-state index in [-0.39, 0.29) is 24.7 Å². The summed E-state index contributed by atoms with van der Waals surface area (Å²) in [5, 5.41) is 2.81. The number of aryl methyl sites for hydroxylation is 1. The van der Waals surface area contributed by atoms with Crippen molar-refractivity contribution in [3.63, 3.8) is 0 Å². The third-order valence-corrected chi connectivity index (χ3v) is 5.31. The number of nitrogens with one attached hydrogen (secondary N) is 1. The number of amides is 1. The first-order valence-corrected chi connectivity index (χ1v) is 10.4. The summed E-state index contributed by atoms with van der Waals surface area (Å²) in [6.07, 6.45) is 0.256. The van der Waals surface area contributed by atoms with Crippen LogP contribution in [0, 0.1) is 6.92 Å². The van der Waals surface area contributed by atoms with Gasteiger partial charge in [0.25, 0.3) is 5.91 Å². The molecule has 1 aliphatic heterocycles. The minimum Gasteiger partial charge on any atom is -0.493 e. The molecule has 160 valence electrons. The first-order valence-electron chi connectivity index (χ1n) is 9.98. The molecule has 0 spiro atoms. The van der Waals surface area contributed by atoms with E-state index in [0.717, 1.165) is 34.9 Å². The number of morpholine rings is 1. The molecule has 7 heteroatoms.